The van der Waals surface area contributed by atoms with Crippen LogP contribution in [-0.4, -0.2) is 35.5 Å². The molecule has 0 spiro atoms. The van der Waals surface area contributed by atoms with Crippen LogP contribution in [0.15, 0.2) is 0 Å². The van der Waals surface area contributed by atoms with Crippen molar-refractivity contribution in [3.63, 3.8) is 0 Å². The Bertz CT molecular complexity index is 353. The molecule has 2 nitrogen and oxygen atoms in total. The molecule has 0 aromatic rings. The third-order valence-electron chi connectivity index (χ3n) is 4.13. The van der Waals surface area contributed by atoms with Crippen molar-refractivity contribution < 1.29 is 26.7 Å². The third-order valence-corrected chi connectivity index (χ3v) is 4.13. The quantitative estimate of drug-likeness (QED) is 0.676. The zero-order valence-corrected chi connectivity index (χ0v) is 10.3. The van der Waals surface area contributed by atoms with E-state index < -0.39 is 24.0 Å². The summed E-state index contributed by atoms with van der Waals surface area (Å²) in [6.07, 6.45) is -1.42. The first-order valence-electron chi connectivity index (χ1n) is 6.51. The van der Waals surface area contributed by atoms with Crippen molar-refractivity contribution >= 4 is 5.91 Å². The summed E-state index contributed by atoms with van der Waals surface area (Å²) in [4.78, 5) is 12.4. The predicted molar refractivity (Wildman–Crippen MR) is 57.7 cm³/mol. The van der Waals surface area contributed by atoms with E-state index >= 15 is 0 Å². The molecule has 0 radical (unpaired) electrons. The van der Waals surface area contributed by atoms with Crippen molar-refractivity contribution in [3.05, 3.63) is 0 Å². The Labute approximate surface area is 107 Å². The molecule has 1 amide bonds. The van der Waals surface area contributed by atoms with Gasteiger partial charge in [-0.05, 0) is 31.6 Å². The Hall–Kier alpha value is -0.880. The minimum Gasteiger partial charge on any atom is -0.334 e. The number of rotatable bonds is 1. The first kappa shape index (κ1) is 14.5. The van der Waals surface area contributed by atoms with Crippen molar-refractivity contribution in [2.75, 3.05) is 6.54 Å². The molecule has 2 aliphatic rings. The molecule has 2 atom stereocenters. The van der Waals surface area contributed by atoms with E-state index in [4.69, 9.17) is 0 Å². The Morgan fingerprint density at radius 1 is 0.947 bits per heavy atom. The fourth-order valence-electron chi connectivity index (χ4n) is 3.18. The van der Waals surface area contributed by atoms with E-state index in [-0.39, 0.29) is 12.5 Å². The monoisotopic (exact) mass is 285 g/mol. The molecule has 0 aromatic heterocycles. The molecule has 19 heavy (non-hydrogen) atoms. The second-order valence-electron chi connectivity index (χ2n) is 5.32. The summed E-state index contributed by atoms with van der Waals surface area (Å²) in [5.41, 5.74) is 0. The molecule has 1 heterocycles. The topological polar surface area (TPSA) is 20.3 Å². The van der Waals surface area contributed by atoms with Gasteiger partial charge in [0.15, 0.2) is 0 Å². The van der Waals surface area contributed by atoms with E-state index in [1.807, 2.05) is 0 Å². The fraction of sp³-hybridized carbons (Fsp3) is 0.917. The van der Waals surface area contributed by atoms with Crippen LogP contribution in [0.2, 0.25) is 0 Å². The van der Waals surface area contributed by atoms with Gasteiger partial charge in [0, 0.05) is 12.6 Å². The van der Waals surface area contributed by atoms with E-state index in [9.17, 15) is 26.7 Å². The maximum Gasteiger partial charge on any atom is 0.463 e. The van der Waals surface area contributed by atoms with Gasteiger partial charge in [-0.2, -0.15) is 22.0 Å². The first-order chi connectivity index (χ1) is 8.75. The summed E-state index contributed by atoms with van der Waals surface area (Å²) in [5, 5.41) is 0. The van der Waals surface area contributed by atoms with Crippen LogP contribution in [-0.2, 0) is 4.79 Å². The molecule has 0 unspecified atom stereocenters. The molecule has 1 aliphatic heterocycles. The molecule has 7 heteroatoms. The largest absolute Gasteiger partial charge is 0.463 e. The van der Waals surface area contributed by atoms with Crippen LogP contribution in [0.5, 0.6) is 0 Å². The zero-order valence-electron chi connectivity index (χ0n) is 10.3. The minimum absolute atomic E-state index is 0.00562. The van der Waals surface area contributed by atoms with Gasteiger partial charge in [0.25, 0.3) is 0 Å². The minimum atomic E-state index is -5.81. The van der Waals surface area contributed by atoms with Gasteiger partial charge in [0.2, 0.25) is 0 Å². The fourth-order valence-corrected chi connectivity index (χ4v) is 3.18. The van der Waals surface area contributed by atoms with Crippen LogP contribution in [0.1, 0.15) is 38.5 Å². The number of carbonyl (C=O) groups excluding carboxylic acids is 1. The number of likely N-dealkylation sites (tertiary alicyclic amines) is 1. The van der Waals surface area contributed by atoms with Crippen LogP contribution >= 0.6 is 0 Å². The van der Waals surface area contributed by atoms with E-state index in [0.717, 1.165) is 30.6 Å². The van der Waals surface area contributed by atoms with Crippen molar-refractivity contribution in [3.8, 4) is 0 Å². The molecule has 2 fully saturated rings. The van der Waals surface area contributed by atoms with Crippen LogP contribution in [0, 0.1) is 5.92 Å². The lowest BCUT2D eigenvalue weighted by Crippen LogP contribution is -2.58. The van der Waals surface area contributed by atoms with Crippen molar-refractivity contribution in [1.82, 2.24) is 4.90 Å². The van der Waals surface area contributed by atoms with Crippen LogP contribution < -0.4 is 0 Å². The number of nitrogens with zero attached hydrogens (tertiary/aromatic N) is 1. The molecule has 1 saturated carbocycles. The standard InChI is InChI=1S/C12H16F5NO/c13-11(14,12(15,16)17)10(19)18-7-3-5-8-4-1-2-6-9(8)18/h8-9H,1-7H2/t8-,9-/m1/s1. The first-order valence-corrected chi connectivity index (χ1v) is 6.51. The average Bonchev–Trinajstić information content (AvgIpc) is 2.36. The maximum atomic E-state index is 13.2. The SMILES string of the molecule is O=C(N1CCC[C@H]2CCCC[C@H]21)C(F)(F)C(F)(F)F. The normalized spacial score (nSPS) is 29.0. The highest BCUT2D eigenvalue weighted by atomic mass is 19.4. The van der Waals surface area contributed by atoms with Crippen molar-refractivity contribution in [1.29, 1.82) is 0 Å². The summed E-state index contributed by atoms with van der Waals surface area (Å²) in [7, 11) is 0. The van der Waals surface area contributed by atoms with Gasteiger partial charge < -0.3 is 4.90 Å². The van der Waals surface area contributed by atoms with Crippen molar-refractivity contribution in [2.45, 2.75) is 56.7 Å². The van der Waals surface area contributed by atoms with E-state index in [1.165, 1.54) is 0 Å². The average molecular weight is 285 g/mol. The molecular formula is C12H16F5NO. The van der Waals surface area contributed by atoms with Gasteiger partial charge >= 0.3 is 18.0 Å². The van der Waals surface area contributed by atoms with Gasteiger partial charge in [-0.3, -0.25) is 4.79 Å². The molecule has 1 aliphatic carbocycles. The molecule has 110 valence electrons. The number of hydrogen-bond donors (Lipinski definition) is 0. The number of carbonyl (C=O) groups is 1. The molecule has 2 rings (SSSR count). The summed E-state index contributed by atoms with van der Waals surface area (Å²) in [5.74, 6) is -7.26. The number of piperidine rings is 1. The lowest BCUT2D eigenvalue weighted by atomic mass is 9.78. The van der Waals surface area contributed by atoms with Gasteiger partial charge in [-0.15, -0.1) is 0 Å². The Morgan fingerprint density at radius 3 is 2.16 bits per heavy atom. The van der Waals surface area contributed by atoms with Gasteiger partial charge in [-0.1, -0.05) is 12.8 Å². The Kier molecular flexibility index (Phi) is 3.75. The zero-order chi connectivity index (χ0) is 14.3. The van der Waals surface area contributed by atoms with Crippen molar-refractivity contribution in [2.24, 2.45) is 5.92 Å². The molecule has 1 saturated heterocycles. The summed E-state index contributed by atoms with van der Waals surface area (Å²) in [6.45, 7) is 0.00562. The highest BCUT2D eigenvalue weighted by molar-refractivity contribution is 5.84. The number of alkyl halides is 5. The second kappa shape index (κ2) is 4.90. The van der Waals surface area contributed by atoms with Crippen LogP contribution in [0.4, 0.5) is 22.0 Å². The maximum absolute atomic E-state index is 13.2. The third kappa shape index (κ3) is 2.56. The molecular weight excluding hydrogens is 269 g/mol. The van der Waals surface area contributed by atoms with E-state index in [1.54, 1.807) is 0 Å². The van der Waals surface area contributed by atoms with Gasteiger partial charge in [-0.25, -0.2) is 0 Å². The van der Waals surface area contributed by atoms with Gasteiger partial charge in [0.1, 0.15) is 0 Å². The Morgan fingerprint density at radius 2 is 1.53 bits per heavy atom. The summed E-state index contributed by atoms with van der Waals surface area (Å²) >= 11 is 0. The number of fused-ring (bicyclic) bond motifs is 1. The summed E-state index contributed by atoms with van der Waals surface area (Å²) < 4.78 is 63.1. The van der Waals surface area contributed by atoms with Crippen LogP contribution in [0.25, 0.3) is 0 Å². The van der Waals surface area contributed by atoms with E-state index in [2.05, 4.69) is 0 Å². The number of hydrogen-bond acceptors (Lipinski definition) is 1. The highest BCUT2D eigenvalue weighted by Crippen LogP contribution is 2.41. The van der Waals surface area contributed by atoms with Crippen LogP contribution in [0.3, 0.4) is 0 Å². The number of amides is 1. The lowest BCUT2D eigenvalue weighted by molar-refractivity contribution is -0.276. The number of halogens is 5. The molecule has 0 bridgehead atoms. The summed E-state index contributed by atoms with van der Waals surface area (Å²) in [6, 6.07) is -0.441. The molecule has 0 N–H and O–H groups in total. The second-order valence-corrected chi connectivity index (χ2v) is 5.32. The predicted octanol–water partition coefficient (Wildman–Crippen LogP) is 3.37. The van der Waals surface area contributed by atoms with E-state index in [0.29, 0.717) is 12.8 Å². The lowest BCUT2D eigenvalue weighted by Gasteiger charge is -2.45. The Balaban J connectivity index is 2.18. The smallest absolute Gasteiger partial charge is 0.334 e. The molecule has 0 aromatic carbocycles. The highest BCUT2D eigenvalue weighted by Gasteiger charge is 2.65. The van der Waals surface area contributed by atoms with Gasteiger partial charge in [0.05, 0.1) is 0 Å².